The fourth-order valence-corrected chi connectivity index (χ4v) is 4.92. The Balaban J connectivity index is 1.47. The van der Waals surface area contributed by atoms with Crippen LogP contribution in [0.4, 0.5) is 0 Å². The molecule has 0 unspecified atom stereocenters. The fourth-order valence-electron chi connectivity index (χ4n) is 3.39. The Hall–Kier alpha value is -2.76. The molecule has 1 N–H and O–H groups in total. The predicted octanol–water partition coefficient (Wildman–Crippen LogP) is 5.54. The molecule has 29 heavy (non-hydrogen) atoms. The van der Waals surface area contributed by atoms with Crippen molar-refractivity contribution in [2.24, 2.45) is 0 Å². The van der Waals surface area contributed by atoms with Crippen LogP contribution in [0.1, 0.15) is 23.7 Å². The lowest BCUT2D eigenvalue weighted by Crippen LogP contribution is -2.40. The summed E-state index contributed by atoms with van der Waals surface area (Å²) in [6.07, 6.45) is 0.292. The summed E-state index contributed by atoms with van der Waals surface area (Å²) in [5.74, 6) is -0.00902. The Kier molecular flexibility index (Phi) is 5.88. The van der Waals surface area contributed by atoms with E-state index in [1.165, 1.54) is 11.1 Å². The molecular weight excluding hydrogens is 396 g/mol. The van der Waals surface area contributed by atoms with Crippen molar-refractivity contribution in [3.05, 3.63) is 99.7 Å². The monoisotopic (exact) mass is 418 g/mol. The van der Waals surface area contributed by atoms with Gasteiger partial charge in [-0.25, -0.2) is 4.98 Å². The zero-order chi connectivity index (χ0) is 20.1. The number of carbonyl (C=O) groups is 1. The summed E-state index contributed by atoms with van der Waals surface area (Å²) in [6.45, 7) is 2.71. The summed E-state index contributed by atoms with van der Waals surface area (Å²) in [5.41, 5.74) is 3.99. The minimum atomic E-state index is -0.303. The van der Waals surface area contributed by atoms with Crippen molar-refractivity contribution >= 4 is 28.6 Å². The number of carbonyl (C=O) groups excluding carboxylic acids is 1. The van der Waals surface area contributed by atoms with Crippen LogP contribution in [-0.4, -0.2) is 17.4 Å². The van der Waals surface area contributed by atoms with Gasteiger partial charge in [0, 0.05) is 28.3 Å². The predicted molar refractivity (Wildman–Crippen MR) is 121 cm³/mol. The van der Waals surface area contributed by atoms with E-state index >= 15 is 0 Å². The van der Waals surface area contributed by atoms with Crippen LogP contribution in [0.15, 0.2) is 82.9 Å². The minimum Gasteiger partial charge on any atom is -0.355 e. The third kappa shape index (κ3) is 4.47. The van der Waals surface area contributed by atoms with Gasteiger partial charge in [-0.15, -0.1) is 11.3 Å². The lowest BCUT2D eigenvalue weighted by molar-refractivity contribution is -0.120. The third-order valence-electron chi connectivity index (χ3n) is 5.12. The van der Waals surface area contributed by atoms with Crippen molar-refractivity contribution in [3.63, 3.8) is 0 Å². The molecule has 0 radical (unpaired) electrons. The zero-order valence-corrected chi connectivity index (χ0v) is 17.8. The van der Waals surface area contributed by atoms with Gasteiger partial charge in [0.05, 0.1) is 12.1 Å². The molecule has 2 heterocycles. The topological polar surface area (TPSA) is 42.0 Å². The Morgan fingerprint density at radius 1 is 0.966 bits per heavy atom. The smallest absolute Gasteiger partial charge is 0.226 e. The second-order valence-corrected chi connectivity index (χ2v) is 8.81. The average Bonchev–Trinajstić information content (AvgIpc) is 3.45. The SMILES string of the molecule is CC(CNC(=O)Cc1csc(-c2ccsc2)n1)(c1ccccc1)c1ccccc1. The molecule has 4 rings (SSSR count). The maximum Gasteiger partial charge on any atom is 0.226 e. The van der Waals surface area contributed by atoms with Crippen LogP contribution in [-0.2, 0) is 16.6 Å². The Bertz CT molecular complexity index is 1020. The molecule has 0 saturated carbocycles. The van der Waals surface area contributed by atoms with E-state index in [1.807, 2.05) is 47.2 Å². The van der Waals surface area contributed by atoms with Crippen LogP contribution in [0.5, 0.6) is 0 Å². The second-order valence-electron chi connectivity index (χ2n) is 7.17. The van der Waals surface area contributed by atoms with Crippen LogP contribution in [0.25, 0.3) is 10.6 Å². The maximum absolute atomic E-state index is 12.7. The Labute approximate surface area is 179 Å². The van der Waals surface area contributed by atoms with Crippen molar-refractivity contribution in [1.29, 1.82) is 0 Å². The van der Waals surface area contributed by atoms with Gasteiger partial charge in [-0.1, -0.05) is 60.7 Å². The molecule has 0 aliphatic rings. The molecule has 0 atom stereocenters. The number of hydrogen-bond acceptors (Lipinski definition) is 4. The molecule has 5 heteroatoms. The zero-order valence-electron chi connectivity index (χ0n) is 16.2. The first-order valence-corrected chi connectivity index (χ1v) is 11.3. The number of thiophene rings is 1. The Morgan fingerprint density at radius 3 is 2.21 bits per heavy atom. The lowest BCUT2D eigenvalue weighted by Gasteiger charge is -2.31. The molecule has 0 bridgehead atoms. The van der Waals surface area contributed by atoms with Crippen LogP contribution in [0, 0.1) is 0 Å². The fraction of sp³-hybridized carbons (Fsp3) is 0.167. The largest absolute Gasteiger partial charge is 0.355 e. The van der Waals surface area contributed by atoms with E-state index in [2.05, 4.69) is 52.9 Å². The number of aromatic nitrogens is 1. The van der Waals surface area contributed by atoms with E-state index in [9.17, 15) is 4.79 Å². The van der Waals surface area contributed by atoms with Gasteiger partial charge in [-0.2, -0.15) is 11.3 Å². The quantitative estimate of drug-likeness (QED) is 0.428. The number of nitrogens with one attached hydrogen (secondary N) is 1. The Morgan fingerprint density at radius 2 is 1.62 bits per heavy atom. The molecule has 4 aromatic rings. The van der Waals surface area contributed by atoms with Gasteiger partial charge in [0.15, 0.2) is 0 Å². The van der Waals surface area contributed by atoms with Crippen LogP contribution in [0.3, 0.4) is 0 Å². The molecule has 0 aliphatic heterocycles. The van der Waals surface area contributed by atoms with Gasteiger partial charge >= 0.3 is 0 Å². The van der Waals surface area contributed by atoms with Gasteiger partial charge in [0.2, 0.25) is 5.91 Å². The first kappa shape index (κ1) is 19.6. The van der Waals surface area contributed by atoms with Gasteiger partial charge in [-0.3, -0.25) is 4.79 Å². The van der Waals surface area contributed by atoms with Crippen molar-refractivity contribution in [3.8, 4) is 10.6 Å². The number of thiazole rings is 1. The standard InChI is InChI=1S/C24H22N2OS2/c1-24(19-8-4-2-5-9-19,20-10-6-3-7-11-20)17-25-22(27)14-21-16-29-23(26-21)18-12-13-28-15-18/h2-13,15-16H,14,17H2,1H3,(H,25,27). The molecule has 2 aromatic carbocycles. The summed E-state index contributed by atoms with van der Waals surface area (Å²) in [6, 6.07) is 22.7. The number of nitrogens with zero attached hydrogens (tertiary/aromatic N) is 1. The first-order valence-electron chi connectivity index (χ1n) is 9.50. The van der Waals surface area contributed by atoms with Crippen LogP contribution >= 0.6 is 22.7 Å². The second kappa shape index (κ2) is 8.72. The number of amides is 1. The van der Waals surface area contributed by atoms with Crippen molar-refractivity contribution in [2.75, 3.05) is 6.54 Å². The van der Waals surface area contributed by atoms with Crippen LogP contribution < -0.4 is 5.32 Å². The molecule has 0 spiro atoms. The summed E-state index contributed by atoms with van der Waals surface area (Å²) >= 11 is 3.23. The van der Waals surface area contributed by atoms with E-state index in [1.54, 1.807) is 22.7 Å². The molecule has 2 aromatic heterocycles. The lowest BCUT2D eigenvalue weighted by atomic mass is 9.76. The average molecular weight is 419 g/mol. The highest BCUT2D eigenvalue weighted by molar-refractivity contribution is 7.14. The van der Waals surface area contributed by atoms with Gasteiger partial charge in [0.1, 0.15) is 5.01 Å². The number of benzene rings is 2. The van der Waals surface area contributed by atoms with Crippen LogP contribution in [0.2, 0.25) is 0 Å². The van der Waals surface area contributed by atoms with E-state index in [0.717, 1.165) is 16.3 Å². The van der Waals surface area contributed by atoms with Gasteiger partial charge < -0.3 is 5.32 Å². The minimum absolute atomic E-state index is 0.00902. The van der Waals surface area contributed by atoms with Gasteiger partial charge in [-0.05, 0) is 29.5 Å². The third-order valence-corrected chi connectivity index (χ3v) is 6.75. The number of hydrogen-bond donors (Lipinski definition) is 1. The molecule has 3 nitrogen and oxygen atoms in total. The summed E-state index contributed by atoms with van der Waals surface area (Å²) < 4.78 is 0. The van der Waals surface area contributed by atoms with E-state index in [-0.39, 0.29) is 11.3 Å². The van der Waals surface area contributed by atoms with Crippen molar-refractivity contribution < 1.29 is 4.79 Å². The van der Waals surface area contributed by atoms with E-state index in [0.29, 0.717) is 13.0 Å². The molecule has 0 fully saturated rings. The van der Waals surface area contributed by atoms with E-state index < -0.39 is 0 Å². The first-order chi connectivity index (χ1) is 14.1. The maximum atomic E-state index is 12.7. The highest BCUT2D eigenvalue weighted by atomic mass is 32.1. The molecule has 146 valence electrons. The number of rotatable bonds is 7. The van der Waals surface area contributed by atoms with E-state index in [4.69, 9.17) is 0 Å². The highest BCUT2D eigenvalue weighted by Crippen LogP contribution is 2.31. The summed E-state index contributed by atoms with van der Waals surface area (Å²) in [4.78, 5) is 17.3. The molecule has 1 amide bonds. The highest BCUT2D eigenvalue weighted by Gasteiger charge is 2.29. The molecule has 0 aliphatic carbocycles. The summed E-state index contributed by atoms with van der Waals surface area (Å²) in [7, 11) is 0. The summed E-state index contributed by atoms with van der Waals surface area (Å²) in [5, 5.41) is 10.2. The van der Waals surface area contributed by atoms with Crippen molar-refractivity contribution in [1.82, 2.24) is 10.3 Å². The molecular formula is C24H22N2OS2. The van der Waals surface area contributed by atoms with Crippen molar-refractivity contribution in [2.45, 2.75) is 18.8 Å². The molecule has 0 saturated heterocycles. The van der Waals surface area contributed by atoms with Gasteiger partial charge in [0.25, 0.3) is 0 Å². The normalized spacial score (nSPS) is 11.3.